The number of alkyl halides is 2. The molecule has 0 fully saturated rings. The first-order valence-corrected chi connectivity index (χ1v) is 4.27. The fraction of sp³-hybridized carbons (Fsp3) is 1.00. The van der Waals surface area contributed by atoms with E-state index >= 15 is 0 Å². The number of rotatable bonds is 4. The van der Waals surface area contributed by atoms with E-state index in [2.05, 4.69) is 15.9 Å². The van der Waals surface area contributed by atoms with E-state index in [4.69, 9.17) is 21.8 Å². The molecule has 0 aliphatic carbocycles. The Bertz CT molecular complexity index is 72.0. The Morgan fingerprint density at radius 3 is 2.44 bits per heavy atom. The Kier molecular flexibility index (Phi) is 5.89. The molecule has 0 aliphatic heterocycles. The van der Waals surface area contributed by atoms with Gasteiger partial charge < -0.3 is 10.2 Å². The van der Waals surface area contributed by atoms with Crippen LogP contribution in [0.25, 0.3) is 0 Å². The zero-order chi connectivity index (χ0) is 7.28. The molecule has 0 saturated heterocycles. The molecule has 0 amide bonds. The Hall–Kier alpha value is 0.690. The number of hydrogen-bond acceptors (Lipinski definition) is 2. The molecular weight excluding hydrogens is 207 g/mol. The normalized spacial score (nSPS) is 17.3. The van der Waals surface area contributed by atoms with E-state index in [0.29, 0.717) is 11.8 Å². The molecule has 56 valence electrons. The van der Waals surface area contributed by atoms with Gasteiger partial charge in [0.25, 0.3) is 0 Å². The van der Waals surface area contributed by atoms with E-state index in [9.17, 15) is 0 Å². The standard InChI is InChI=1S/C5H10BrClO2/c6-2-1-5(9)4(7)3-8/h4-5,8-9H,1-3H2. The van der Waals surface area contributed by atoms with Gasteiger partial charge in [0.05, 0.1) is 18.1 Å². The second-order valence-electron chi connectivity index (χ2n) is 1.74. The highest BCUT2D eigenvalue weighted by atomic mass is 79.9. The van der Waals surface area contributed by atoms with Crippen molar-refractivity contribution in [3.63, 3.8) is 0 Å². The first-order chi connectivity index (χ1) is 4.22. The molecule has 2 atom stereocenters. The molecule has 0 spiro atoms. The summed E-state index contributed by atoms with van der Waals surface area (Å²) in [6, 6.07) is 0. The maximum absolute atomic E-state index is 9.00. The van der Waals surface area contributed by atoms with Gasteiger partial charge in [-0.3, -0.25) is 0 Å². The molecule has 2 N–H and O–H groups in total. The largest absolute Gasteiger partial charge is 0.395 e. The molecule has 0 aromatic heterocycles. The average Bonchev–Trinajstić information content (AvgIpc) is 1.87. The minimum absolute atomic E-state index is 0.171. The zero-order valence-corrected chi connectivity index (χ0v) is 7.27. The molecule has 0 heterocycles. The molecule has 9 heavy (non-hydrogen) atoms. The highest BCUT2D eigenvalue weighted by molar-refractivity contribution is 9.09. The van der Waals surface area contributed by atoms with Crippen LogP contribution in [0.5, 0.6) is 0 Å². The van der Waals surface area contributed by atoms with Crippen LogP contribution >= 0.6 is 27.5 Å². The molecule has 0 bridgehead atoms. The first-order valence-electron chi connectivity index (χ1n) is 2.71. The van der Waals surface area contributed by atoms with E-state index in [-0.39, 0.29) is 6.61 Å². The Morgan fingerprint density at radius 1 is 1.56 bits per heavy atom. The summed E-state index contributed by atoms with van der Waals surface area (Å²) in [5, 5.41) is 17.6. The van der Waals surface area contributed by atoms with Gasteiger partial charge in [-0.2, -0.15) is 0 Å². The summed E-state index contributed by atoms with van der Waals surface area (Å²) in [5.41, 5.74) is 0. The van der Waals surface area contributed by atoms with Gasteiger partial charge in [-0.15, -0.1) is 11.6 Å². The predicted molar refractivity (Wildman–Crippen MR) is 41.1 cm³/mol. The SMILES string of the molecule is OCC(Cl)C(O)CCBr. The lowest BCUT2D eigenvalue weighted by molar-refractivity contribution is 0.135. The summed E-state index contributed by atoms with van der Waals surface area (Å²) in [4.78, 5) is 0. The quantitative estimate of drug-likeness (QED) is 0.682. The smallest absolute Gasteiger partial charge is 0.0826 e. The second kappa shape index (κ2) is 5.47. The number of aliphatic hydroxyl groups is 2. The highest BCUT2D eigenvalue weighted by Gasteiger charge is 2.13. The zero-order valence-electron chi connectivity index (χ0n) is 4.93. The highest BCUT2D eigenvalue weighted by Crippen LogP contribution is 2.06. The average molecular weight is 217 g/mol. The van der Waals surface area contributed by atoms with Crippen molar-refractivity contribution in [3.05, 3.63) is 0 Å². The van der Waals surface area contributed by atoms with E-state index in [1.165, 1.54) is 0 Å². The summed E-state index contributed by atoms with van der Waals surface area (Å²) in [6.45, 7) is -0.171. The van der Waals surface area contributed by atoms with Crippen LogP contribution in [0.4, 0.5) is 0 Å². The van der Waals surface area contributed by atoms with Crippen molar-refractivity contribution in [1.29, 1.82) is 0 Å². The van der Waals surface area contributed by atoms with Crippen LogP contribution in [0.2, 0.25) is 0 Å². The summed E-state index contributed by atoms with van der Waals surface area (Å²) in [5.74, 6) is 0. The van der Waals surface area contributed by atoms with Crippen molar-refractivity contribution in [1.82, 2.24) is 0 Å². The fourth-order valence-electron chi connectivity index (χ4n) is 0.414. The topological polar surface area (TPSA) is 40.5 Å². The summed E-state index contributed by atoms with van der Waals surface area (Å²) in [7, 11) is 0. The van der Waals surface area contributed by atoms with Crippen LogP contribution in [-0.4, -0.2) is 33.6 Å². The molecule has 0 saturated carbocycles. The lowest BCUT2D eigenvalue weighted by Gasteiger charge is -2.11. The Morgan fingerprint density at radius 2 is 2.11 bits per heavy atom. The van der Waals surface area contributed by atoms with Crippen LogP contribution in [0.15, 0.2) is 0 Å². The van der Waals surface area contributed by atoms with Crippen molar-refractivity contribution < 1.29 is 10.2 Å². The van der Waals surface area contributed by atoms with E-state index < -0.39 is 11.5 Å². The second-order valence-corrected chi connectivity index (χ2v) is 3.10. The van der Waals surface area contributed by atoms with Crippen molar-refractivity contribution >= 4 is 27.5 Å². The Labute approximate surface area is 68.0 Å². The molecule has 0 rings (SSSR count). The van der Waals surface area contributed by atoms with Crippen LogP contribution in [-0.2, 0) is 0 Å². The third-order valence-corrected chi connectivity index (χ3v) is 1.88. The summed E-state index contributed by atoms with van der Waals surface area (Å²) in [6.07, 6.45) is -0.0228. The van der Waals surface area contributed by atoms with Gasteiger partial charge in [-0.25, -0.2) is 0 Å². The maximum atomic E-state index is 9.00. The molecule has 0 radical (unpaired) electrons. The van der Waals surface area contributed by atoms with E-state index in [0.717, 1.165) is 0 Å². The molecule has 0 aromatic carbocycles. The first kappa shape index (κ1) is 9.69. The molecule has 4 heteroatoms. The van der Waals surface area contributed by atoms with Gasteiger partial charge in [0.2, 0.25) is 0 Å². The van der Waals surface area contributed by atoms with Gasteiger partial charge in [0.15, 0.2) is 0 Å². The monoisotopic (exact) mass is 216 g/mol. The van der Waals surface area contributed by atoms with Crippen molar-refractivity contribution in [3.8, 4) is 0 Å². The van der Waals surface area contributed by atoms with Gasteiger partial charge in [-0.05, 0) is 6.42 Å². The Balaban J connectivity index is 3.32. The molecule has 2 nitrogen and oxygen atoms in total. The number of aliphatic hydroxyl groups excluding tert-OH is 2. The summed E-state index contributed by atoms with van der Waals surface area (Å²) >= 11 is 8.62. The van der Waals surface area contributed by atoms with E-state index in [1.807, 2.05) is 0 Å². The van der Waals surface area contributed by atoms with Crippen LogP contribution in [0.3, 0.4) is 0 Å². The molecule has 2 unspecified atom stereocenters. The minimum Gasteiger partial charge on any atom is -0.395 e. The molecule has 0 aromatic rings. The molecule has 0 aliphatic rings. The van der Waals surface area contributed by atoms with Gasteiger partial charge >= 0.3 is 0 Å². The number of halogens is 2. The van der Waals surface area contributed by atoms with Crippen LogP contribution in [0, 0.1) is 0 Å². The van der Waals surface area contributed by atoms with E-state index in [1.54, 1.807) is 0 Å². The van der Waals surface area contributed by atoms with Gasteiger partial charge in [-0.1, -0.05) is 15.9 Å². The third kappa shape index (κ3) is 4.14. The van der Waals surface area contributed by atoms with Crippen molar-refractivity contribution in [2.45, 2.75) is 17.9 Å². The maximum Gasteiger partial charge on any atom is 0.0826 e. The van der Waals surface area contributed by atoms with Gasteiger partial charge in [0, 0.05) is 5.33 Å². The molecular formula is C5H10BrClO2. The van der Waals surface area contributed by atoms with Gasteiger partial charge in [0.1, 0.15) is 0 Å². The lowest BCUT2D eigenvalue weighted by atomic mass is 10.2. The predicted octanol–water partition coefficient (Wildman–Crippen LogP) is 0.732. The van der Waals surface area contributed by atoms with Crippen molar-refractivity contribution in [2.75, 3.05) is 11.9 Å². The fourth-order valence-corrected chi connectivity index (χ4v) is 1.01. The third-order valence-electron chi connectivity index (χ3n) is 0.997. The van der Waals surface area contributed by atoms with Crippen molar-refractivity contribution in [2.24, 2.45) is 0 Å². The van der Waals surface area contributed by atoms with Crippen LogP contribution in [0.1, 0.15) is 6.42 Å². The lowest BCUT2D eigenvalue weighted by Crippen LogP contribution is -2.24. The van der Waals surface area contributed by atoms with Crippen LogP contribution < -0.4 is 0 Å². The number of hydrogen-bond donors (Lipinski definition) is 2. The minimum atomic E-state index is -0.601. The summed E-state index contributed by atoms with van der Waals surface area (Å²) < 4.78 is 0.